The van der Waals surface area contributed by atoms with Crippen LogP contribution < -0.4 is 16.9 Å². The highest BCUT2D eigenvalue weighted by Gasteiger charge is 2.22. The minimum atomic E-state index is -0.914. The number of aliphatic imine (C=N–C) groups is 1. The van der Waals surface area contributed by atoms with Gasteiger partial charge in [-0.15, -0.1) is 0 Å². The normalized spacial score (nSPS) is 16.4. The van der Waals surface area contributed by atoms with Gasteiger partial charge in [0, 0.05) is 54.4 Å². The summed E-state index contributed by atoms with van der Waals surface area (Å²) in [5.74, 6) is -0.446. The number of carbonyl (C=O) groups excluding carboxylic acids is 3. The van der Waals surface area contributed by atoms with E-state index in [1.807, 2.05) is 11.8 Å². The Labute approximate surface area is 186 Å². The molecule has 0 aliphatic carbocycles. The van der Waals surface area contributed by atoms with Gasteiger partial charge in [0.1, 0.15) is 13.2 Å². The van der Waals surface area contributed by atoms with Crippen LogP contribution in [0.4, 0.5) is 10.5 Å². The molecule has 10 heteroatoms. The highest BCUT2D eigenvalue weighted by atomic mass is 16.7. The van der Waals surface area contributed by atoms with E-state index in [0.29, 0.717) is 29.7 Å². The summed E-state index contributed by atoms with van der Waals surface area (Å²) in [4.78, 5) is 47.6. The summed E-state index contributed by atoms with van der Waals surface area (Å²) < 4.78 is 4.55. The number of nitrogens with zero attached hydrogens (tertiary/aromatic N) is 2. The van der Waals surface area contributed by atoms with Crippen molar-refractivity contribution in [1.82, 2.24) is 10.4 Å². The molecule has 2 aliphatic rings. The highest BCUT2D eigenvalue weighted by Crippen LogP contribution is 2.30. The van der Waals surface area contributed by atoms with E-state index in [4.69, 9.17) is 21.3 Å². The van der Waals surface area contributed by atoms with E-state index in [9.17, 15) is 14.4 Å². The van der Waals surface area contributed by atoms with E-state index >= 15 is 0 Å². The molecule has 0 saturated carbocycles. The standard InChI is InChI=1S/C22H29N5O5/c1-14(23)10-18-12-17(20(28)26-32-9-8-31-22(24)30)11-15-4-5-16(13-19(15)25-18)21(29)27-6-2-3-7-27/h4-5,11,13-14H,2-3,6-10,12,23H2,1H3,(H2,24,30)(H,26,28). The molecule has 1 saturated heterocycles. The van der Waals surface area contributed by atoms with Crippen molar-refractivity contribution >= 4 is 35.4 Å². The van der Waals surface area contributed by atoms with E-state index < -0.39 is 12.0 Å². The van der Waals surface area contributed by atoms with Crippen LogP contribution in [0.3, 0.4) is 0 Å². The molecular weight excluding hydrogens is 414 g/mol. The van der Waals surface area contributed by atoms with Crippen LogP contribution in [0.5, 0.6) is 0 Å². The molecule has 1 atom stereocenters. The predicted molar refractivity (Wildman–Crippen MR) is 119 cm³/mol. The van der Waals surface area contributed by atoms with E-state index in [0.717, 1.165) is 37.2 Å². The van der Waals surface area contributed by atoms with Gasteiger partial charge in [0.25, 0.3) is 11.8 Å². The molecule has 0 radical (unpaired) electrons. The molecule has 3 rings (SSSR count). The zero-order chi connectivity index (χ0) is 23.1. The summed E-state index contributed by atoms with van der Waals surface area (Å²) >= 11 is 0. The third kappa shape index (κ3) is 6.38. The highest BCUT2D eigenvalue weighted by molar-refractivity contribution is 6.06. The lowest BCUT2D eigenvalue weighted by molar-refractivity contribution is -0.130. The van der Waals surface area contributed by atoms with Crippen molar-refractivity contribution in [2.24, 2.45) is 16.5 Å². The molecule has 2 aliphatic heterocycles. The second-order valence-corrected chi connectivity index (χ2v) is 7.93. The lowest BCUT2D eigenvalue weighted by Crippen LogP contribution is -2.29. The van der Waals surface area contributed by atoms with Crippen LogP contribution in [0.15, 0.2) is 28.8 Å². The average molecular weight is 444 g/mol. The second kappa shape index (κ2) is 10.9. The van der Waals surface area contributed by atoms with E-state index in [-0.39, 0.29) is 25.2 Å². The van der Waals surface area contributed by atoms with Gasteiger partial charge < -0.3 is 21.1 Å². The van der Waals surface area contributed by atoms with Crippen LogP contribution in [-0.2, 0) is 14.4 Å². The van der Waals surface area contributed by atoms with Gasteiger partial charge in [-0.3, -0.25) is 19.4 Å². The first-order valence-electron chi connectivity index (χ1n) is 10.6. The molecule has 0 spiro atoms. The molecule has 32 heavy (non-hydrogen) atoms. The third-order valence-corrected chi connectivity index (χ3v) is 5.12. The Morgan fingerprint density at radius 3 is 2.66 bits per heavy atom. The van der Waals surface area contributed by atoms with Crippen LogP contribution in [0.2, 0.25) is 0 Å². The number of likely N-dealkylation sites (tertiary alicyclic amines) is 1. The summed E-state index contributed by atoms with van der Waals surface area (Å²) in [5, 5.41) is 0. The smallest absolute Gasteiger partial charge is 0.404 e. The fourth-order valence-electron chi connectivity index (χ4n) is 3.67. The van der Waals surface area contributed by atoms with Crippen molar-refractivity contribution in [1.29, 1.82) is 0 Å². The Morgan fingerprint density at radius 1 is 1.22 bits per heavy atom. The molecule has 0 bridgehead atoms. The molecule has 5 N–H and O–H groups in total. The SMILES string of the molecule is CC(N)CC1=Nc2cc(C(=O)N3CCCC3)ccc2C=C(C(=O)NOCCOC(N)=O)C1. The number of fused-ring (bicyclic) bond motifs is 1. The summed E-state index contributed by atoms with van der Waals surface area (Å²) in [6.45, 7) is 3.28. The van der Waals surface area contributed by atoms with Gasteiger partial charge in [0.15, 0.2) is 0 Å². The zero-order valence-corrected chi connectivity index (χ0v) is 18.1. The Balaban J connectivity index is 1.79. The number of carbonyl (C=O) groups is 3. The molecule has 172 valence electrons. The van der Waals surface area contributed by atoms with Gasteiger partial charge in [-0.05, 0) is 38.0 Å². The number of nitrogens with one attached hydrogen (secondary N) is 1. The van der Waals surface area contributed by atoms with Crippen LogP contribution >= 0.6 is 0 Å². The van der Waals surface area contributed by atoms with Crippen molar-refractivity contribution in [3.8, 4) is 0 Å². The van der Waals surface area contributed by atoms with Gasteiger partial charge in [-0.2, -0.15) is 0 Å². The summed E-state index contributed by atoms with van der Waals surface area (Å²) in [7, 11) is 0. The first-order chi connectivity index (χ1) is 15.3. The molecule has 0 aromatic heterocycles. The molecule has 3 amide bonds. The maximum atomic E-state index is 12.8. The van der Waals surface area contributed by atoms with Gasteiger partial charge in [-0.1, -0.05) is 6.07 Å². The largest absolute Gasteiger partial charge is 0.447 e. The van der Waals surface area contributed by atoms with E-state index in [1.165, 1.54) is 0 Å². The van der Waals surface area contributed by atoms with Crippen LogP contribution in [0.25, 0.3) is 6.08 Å². The Hall–Kier alpha value is -3.24. The number of hydrogen-bond donors (Lipinski definition) is 3. The number of ether oxygens (including phenoxy) is 1. The lowest BCUT2D eigenvalue weighted by atomic mass is 10.0. The summed E-state index contributed by atoms with van der Waals surface area (Å²) in [6, 6.07) is 5.18. The number of amides is 3. The van der Waals surface area contributed by atoms with Gasteiger partial charge in [0.05, 0.1) is 5.69 Å². The molecular formula is C22H29N5O5. The fourth-order valence-corrected chi connectivity index (χ4v) is 3.67. The van der Waals surface area contributed by atoms with Crippen molar-refractivity contribution in [3.05, 3.63) is 34.9 Å². The summed E-state index contributed by atoms with van der Waals surface area (Å²) in [5.41, 5.74) is 16.3. The number of primary amides is 1. The quantitative estimate of drug-likeness (QED) is 0.411. The number of benzene rings is 1. The molecule has 1 aromatic carbocycles. The van der Waals surface area contributed by atoms with Gasteiger partial charge in [-0.25, -0.2) is 10.3 Å². The molecule has 1 unspecified atom stereocenters. The monoisotopic (exact) mass is 443 g/mol. The van der Waals surface area contributed by atoms with Crippen molar-refractivity contribution in [2.45, 2.75) is 38.6 Å². The number of hydroxylamine groups is 1. The first kappa shape index (κ1) is 23.4. The van der Waals surface area contributed by atoms with Crippen molar-refractivity contribution in [3.63, 3.8) is 0 Å². The molecule has 2 heterocycles. The Kier molecular flexibility index (Phi) is 7.96. The van der Waals surface area contributed by atoms with Crippen molar-refractivity contribution in [2.75, 3.05) is 26.3 Å². The molecule has 1 fully saturated rings. The van der Waals surface area contributed by atoms with E-state index in [1.54, 1.807) is 24.3 Å². The zero-order valence-electron chi connectivity index (χ0n) is 18.1. The minimum absolute atomic E-state index is 0.00739. The number of hydrogen-bond acceptors (Lipinski definition) is 7. The van der Waals surface area contributed by atoms with E-state index in [2.05, 4.69) is 10.2 Å². The second-order valence-electron chi connectivity index (χ2n) is 7.93. The minimum Gasteiger partial charge on any atom is -0.447 e. The number of rotatable bonds is 8. The van der Waals surface area contributed by atoms with Gasteiger partial charge >= 0.3 is 6.09 Å². The Bertz CT molecular complexity index is 935. The fraction of sp³-hybridized carbons (Fsp3) is 0.455. The van der Waals surface area contributed by atoms with Gasteiger partial charge in [0.2, 0.25) is 0 Å². The topological polar surface area (TPSA) is 149 Å². The molecule has 1 aromatic rings. The molecule has 10 nitrogen and oxygen atoms in total. The van der Waals surface area contributed by atoms with Crippen LogP contribution in [0, 0.1) is 0 Å². The predicted octanol–water partition coefficient (Wildman–Crippen LogP) is 1.66. The van der Waals surface area contributed by atoms with Crippen LogP contribution in [0.1, 0.15) is 48.5 Å². The third-order valence-electron chi connectivity index (χ3n) is 5.12. The maximum Gasteiger partial charge on any atom is 0.404 e. The first-order valence-corrected chi connectivity index (χ1v) is 10.6. The Morgan fingerprint density at radius 2 is 1.97 bits per heavy atom. The van der Waals surface area contributed by atoms with Crippen molar-refractivity contribution < 1.29 is 24.0 Å². The average Bonchev–Trinajstić information content (AvgIpc) is 3.21. The number of nitrogens with two attached hydrogens (primary N) is 2. The summed E-state index contributed by atoms with van der Waals surface area (Å²) in [6.07, 6.45) is 3.65. The lowest BCUT2D eigenvalue weighted by Gasteiger charge is -2.16. The van der Waals surface area contributed by atoms with Crippen LogP contribution in [-0.4, -0.2) is 60.9 Å². The maximum absolute atomic E-state index is 12.8.